The van der Waals surface area contributed by atoms with Crippen LogP contribution in [0.2, 0.25) is 0 Å². The lowest BCUT2D eigenvalue weighted by Crippen LogP contribution is -2.36. The first-order valence-corrected chi connectivity index (χ1v) is 8.37. The predicted octanol–water partition coefficient (Wildman–Crippen LogP) is 2.41. The Kier molecular flexibility index (Phi) is 5.74. The van der Waals surface area contributed by atoms with Crippen molar-refractivity contribution < 1.29 is 9.53 Å². The van der Waals surface area contributed by atoms with E-state index in [0.717, 1.165) is 42.1 Å². The zero-order chi connectivity index (χ0) is 17.5. The molecule has 6 nitrogen and oxygen atoms in total. The fourth-order valence-electron chi connectivity index (χ4n) is 2.71. The zero-order valence-corrected chi connectivity index (χ0v) is 14.3. The summed E-state index contributed by atoms with van der Waals surface area (Å²) < 4.78 is 5.39. The van der Waals surface area contributed by atoms with Gasteiger partial charge < -0.3 is 14.4 Å². The molecular formula is C19H22N4O2. The average Bonchev–Trinajstić information content (AvgIpc) is 2.63. The fraction of sp³-hybridized carbons (Fsp3) is 0.316. The molecule has 0 saturated carbocycles. The molecule has 6 heteroatoms. The van der Waals surface area contributed by atoms with Crippen LogP contribution in [0.15, 0.2) is 41.5 Å². The molecule has 0 amide bonds. The van der Waals surface area contributed by atoms with E-state index < -0.39 is 0 Å². The molecule has 1 aromatic carbocycles. The number of pyridine rings is 1. The average molecular weight is 338 g/mol. The summed E-state index contributed by atoms with van der Waals surface area (Å²) in [5.41, 5.74) is 6.81. The third-order valence-corrected chi connectivity index (χ3v) is 3.94. The number of carbonyl (C=O) groups excluding carboxylic acids is 1. The van der Waals surface area contributed by atoms with Gasteiger partial charge in [-0.25, -0.2) is 4.98 Å². The minimum atomic E-state index is 0.286. The van der Waals surface area contributed by atoms with Gasteiger partial charge in [-0.1, -0.05) is 29.8 Å². The zero-order valence-electron chi connectivity index (χ0n) is 14.3. The number of nitrogens with one attached hydrogen (secondary N) is 1. The van der Waals surface area contributed by atoms with Crippen molar-refractivity contribution in [3.8, 4) is 0 Å². The number of aromatic nitrogens is 1. The highest BCUT2D eigenvalue weighted by Crippen LogP contribution is 2.20. The standard InChI is InChI=1S/C19H22N4O2/c1-15-3-2-4-16(11-15)14-20-22-18-12-17(5-8-24)21-19(13-18)23-6-9-25-10-7-23/h2-4,8,11-14H,5-7,9-10H2,1H3,(H,21,22)/b20-14-. The van der Waals surface area contributed by atoms with E-state index in [0.29, 0.717) is 13.2 Å². The van der Waals surface area contributed by atoms with Crippen LogP contribution in [0.25, 0.3) is 0 Å². The van der Waals surface area contributed by atoms with E-state index in [1.54, 1.807) is 6.21 Å². The Morgan fingerprint density at radius 3 is 2.88 bits per heavy atom. The number of hydrogen-bond acceptors (Lipinski definition) is 6. The van der Waals surface area contributed by atoms with Gasteiger partial charge in [-0.3, -0.25) is 5.43 Å². The molecule has 1 aromatic heterocycles. The summed E-state index contributed by atoms with van der Waals surface area (Å²) in [4.78, 5) is 17.6. The lowest BCUT2D eigenvalue weighted by atomic mass is 10.2. The molecule has 0 unspecified atom stereocenters. The van der Waals surface area contributed by atoms with E-state index >= 15 is 0 Å². The largest absolute Gasteiger partial charge is 0.378 e. The van der Waals surface area contributed by atoms with Crippen molar-refractivity contribution in [3.05, 3.63) is 53.2 Å². The maximum Gasteiger partial charge on any atom is 0.131 e. The monoisotopic (exact) mass is 338 g/mol. The molecule has 0 atom stereocenters. The molecule has 1 aliphatic heterocycles. The summed E-state index contributed by atoms with van der Waals surface area (Å²) >= 11 is 0. The normalized spacial score (nSPS) is 14.7. The van der Waals surface area contributed by atoms with E-state index in [1.807, 2.05) is 37.3 Å². The minimum absolute atomic E-state index is 0.286. The van der Waals surface area contributed by atoms with Gasteiger partial charge in [-0.2, -0.15) is 5.10 Å². The number of ether oxygens (including phenoxy) is 1. The molecular weight excluding hydrogens is 316 g/mol. The molecule has 130 valence electrons. The summed E-state index contributed by atoms with van der Waals surface area (Å²) in [6.07, 6.45) is 2.93. The van der Waals surface area contributed by atoms with Gasteiger partial charge in [0.15, 0.2) is 0 Å². The first-order chi connectivity index (χ1) is 12.2. The highest BCUT2D eigenvalue weighted by atomic mass is 16.5. The molecule has 0 spiro atoms. The minimum Gasteiger partial charge on any atom is -0.378 e. The van der Waals surface area contributed by atoms with Crippen molar-refractivity contribution in [3.63, 3.8) is 0 Å². The van der Waals surface area contributed by atoms with Crippen LogP contribution >= 0.6 is 0 Å². The maximum absolute atomic E-state index is 10.9. The van der Waals surface area contributed by atoms with Gasteiger partial charge in [0.25, 0.3) is 0 Å². The first kappa shape index (κ1) is 17.1. The summed E-state index contributed by atoms with van der Waals surface area (Å²) in [7, 11) is 0. The molecule has 3 rings (SSSR count). The third kappa shape index (κ3) is 4.87. The fourth-order valence-corrected chi connectivity index (χ4v) is 2.71. The van der Waals surface area contributed by atoms with E-state index in [2.05, 4.69) is 26.5 Å². The van der Waals surface area contributed by atoms with Crippen molar-refractivity contribution >= 4 is 24.0 Å². The Morgan fingerprint density at radius 1 is 1.28 bits per heavy atom. The number of aryl methyl sites for hydroxylation is 1. The molecule has 0 aliphatic carbocycles. The van der Waals surface area contributed by atoms with Crippen LogP contribution in [0, 0.1) is 6.92 Å². The van der Waals surface area contributed by atoms with Gasteiger partial charge in [-0.05, 0) is 18.6 Å². The van der Waals surface area contributed by atoms with E-state index in [-0.39, 0.29) is 6.42 Å². The summed E-state index contributed by atoms with van der Waals surface area (Å²) in [5.74, 6) is 0.843. The van der Waals surface area contributed by atoms with Crippen LogP contribution in [0.1, 0.15) is 16.8 Å². The molecule has 1 N–H and O–H groups in total. The van der Waals surface area contributed by atoms with Gasteiger partial charge in [0, 0.05) is 25.6 Å². The van der Waals surface area contributed by atoms with Gasteiger partial charge >= 0.3 is 0 Å². The third-order valence-electron chi connectivity index (χ3n) is 3.94. The molecule has 25 heavy (non-hydrogen) atoms. The second-order valence-electron chi connectivity index (χ2n) is 5.96. The van der Waals surface area contributed by atoms with Crippen molar-refractivity contribution in [2.24, 2.45) is 5.10 Å². The first-order valence-electron chi connectivity index (χ1n) is 8.37. The van der Waals surface area contributed by atoms with Gasteiger partial charge in [0.05, 0.1) is 30.8 Å². The van der Waals surface area contributed by atoms with Crippen LogP contribution in [-0.4, -0.2) is 43.8 Å². The summed E-state index contributed by atoms with van der Waals surface area (Å²) in [6.45, 7) is 5.02. The smallest absolute Gasteiger partial charge is 0.131 e. The predicted molar refractivity (Wildman–Crippen MR) is 99.4 cm³/mol. The maximum atomic E-state index is 10.9. The number of aldehydes is 1. The number of hydrogen-bond donors (Lipinski definition) is 1. The number of benzene rings is 1. The molecule has 1 fully saturated rings. The van der Waals surface area contributed by atoms with Crippen molar-refractivity contribution in [2.75, 3.05) is 36.6 Å². The second kappa shape index (κ2) is 8.39. The van der Waals surface area contributed by atoms with Crippen LogP contribution in [0.4, 0.5) is 11.5 Å². The number of morpholine rings is 1. The van der Waals surface area contributed by atoms with Gasteiger partial charge in [0.2, 0.25) is 0 Å². The molecule has 1 saturated heterocycles. The second-order valence-corrected chi connectivity index (χ2v) is 5.96. The van der Waals surface area contributed by atoms with E-state index in [1.165, 1.54) is 5.56 Å². The van der Waals surface area contributed by atoms with Gasteiger partial charge in [0.1, 0.15) is 12.1 Å². The lowest BCUT2D eigenvalue weighted by Gasteiger charge is -2.28. The molecule has 0 bridgehead atoms. The number of anilines is 2. The number of hydrazone groups is 1. The Balaban J connectivity index is 1.77. The Morgan fingerprint density at radius 2 is 2.12 bits per heavy atom. The molecule has 2 heterocycles. The van der Waals surface area contributed by atoms with E-state index in [4.69, 9.17) is 4.74 Å². The van der Waals surface area contributed by atoms with Crippen LogP contribution in [-0.2, 0) is 16.0 Å². The molecule has 2 aromatic rings. The summed E-state index contributed by atoms with van der Waals surface area (Å²) in [6, 6.07) is 11.9. The van der Waals surface area contributed by atoms with Crippen LogP contribution in [0.5, 0.6) is 0 Å². The van der Waals surface area contributed by atoms with Crippen molar-refractivity contribution in [2.45, 2.75) is 13.3 Å². The Labute approximate surface area is 147 Å². The Bertz CT molecular complexity index is 755. The van der Waals surface area contributed by atoms with Crippen molar-refractivity contribution in [1.29, 1.82) is 0 Å². The van der Waals surface area contributed by atoms with Crippen LogP contribution < -0.4 is 10.3 Å². The van der Waals surface area contributed by atoms with E-state index in [9.17, 15) is 4.79 Å². The number of rotatable bonds is 6. The quantitative estimate of drug-likeness (QED) is 0.498. The Hall–Kier alpha value is -2.73. The highest BCUT2D eigenvalue weighted by Gasteiger charge is 2.14. The van der Waals surface area contributed by atoms with Crippen molar-refractivity contribution in [1.82, 2.24) is 4.98 Å². The highest BCUT2D eigenvalue weighted by molar-refractivity contribution is 5.80. The van der Waals surface area contributed by atoms with Gasteiger partial charge in [-0.15, -0.1) is 0 Å². The SMILES string of the molecule is Cc1cccc(/C=N\Nc2cc(CC=O)nc(N3CCOCC3)c2)c1. The van der Waals surface area contributed by atoms with Crippen LogP contribution in [0.3, 0.4) is 0 Å². The summed E-state index contributed by atoms with van der Waals surface area (Å²) in [5, 5.41) is 4.31. The topological polar surface area (TPSA) is 66.8 Å². The number of carbonyl (C=O) groups is 1. The number of nitrogens with zero attached hydrogens (tertiary/aromatic N) is 3. The molecule has 0 radical (unpaired) electrons. The molecule has 1 aliphatic rings. The lowest BCUT2D eigenvalue weighted by molar-refractivity contribution is -0.107.